The van der Waals surface area contributed by atoms with Crippen LogP contribution < -0.4 is 5.32 Å². The molecule has 0 fully saturated rings. The van der Waals surface area contributed by atoms with Gasteiger partial charge in [-0.05, 0) is 18.4 Å². The van der Waals surface area contributed by atoms with Crippen LogP contribution in [0.5, 0.6) is 0 Å². The molecule has 0 aliphatic rings. The van der Waals surface area contributed by atoms with Crippen molar-refractivity contribution in [2.75, 3.05) is 18.6 Å². The van der Waals surface area contributed by atoms with Gasteiger partial charge in [0.2, 0.25) is 5.91 Å². The Hall–Kier alpha value is -0.750. The van der Waals surface area contributed by atoms with E-state index in [0.717, 1.165) is 0 Å². The van der Waals surface area contributed by atoms with Crippen molar-refractivity contribution in [3.05, 3.63) is 0 Å². The van der Waals surface area contributed by atoms with E-state index in [-0.39, 0.29) is 0 Å². The van der Waals surface area contributed by atoms with Gasteiger partial charge in [-0.25, -0.2) is 9.90 Å². The molecule has 0 heterocycles. The number of nitrogens with one attached hydrogen (secondary N) is 1. The van der Waals surface area contributed by atoms with E-state index in [2.05, 4.69) is 5.32 Å². The zero-order chi connectivity index (χ0) is 10.3. The van der Waals surface area contributed by atoms with Crippen LogP contribution in [-0.2, 0) is 14.7 Å². The number of aliphatic carboxylic acids is 1. The molecule has 1 amide bonds. The van der Waals surface area contributed by atoms with Crippen molar-refractivity contribution in [3.63, 3.8) is 0 Å². The van der Waals surface area contributed by atoms with Crippen LogP contribution in [0.3, 0.4) is 0 Å². The maximum Gasteiger partial charge on any atom is 0.326 e. The number of carbonyl (C=O) groups excluding carboxylic acids is 1. The highest BCUT2D eigenvalue weighted by Gasteiger charge is 2.18. The van der Waals surface area contributed by atoms with Crippen LogP contribution >= 0.6 is 11.8 Å². The van der Waals surface area contributed by atoms with Gasteiger partial charge < -0.3 is 10.4 Å². The Morgan fingerprint density at radius 3 is 2.54 bits per heavy atom. The molecule has 0 aromatic carbocycles. The summed E-state index contributed by atoms with van der Waals surface area (Å²) in [4.78, 5) is 21.1. The molecule has 0 aliphatic carbocycles. The molecule has 13 heavy (non-hydrogen) atoms. The van der Waals surface area contributed by atoms with Crippen LogP contribution in [0.2, 0.25) is 0 Å². The molecule has 5 nitrogen and oxygen atoms in total. The minimum absolute atomic E-state index is 0.336. The fourth-order valence-electron chi connectivity index (χ4n) is 0.729. The van der Waals surface area contributed by atoms with Gasteiger partial charge >= 0.3 is 5.97 Å². The molecule has 0 aliphatic heterocycles. The van der Waals surface area contributed by atoms with Gasteiger partial charge in [0.15, 0.2) is 6.61 Å². The molecule has 0 bridgehead atoms. The lowest BCUT2D eigenvalue weighted by Gasteiger charge is -2.12. The molecular weight excluding hydrogens is 194 g/mol. The van der Waals surface area contributed by atoms with Gasteiger partial charge in [-0.1, -0.05) is 0 Å². The van der Waals surface area contributed by atoms with Crippen molar-refractivity contribution >= 4 is 23.6 Å². The van der Waals surface area contributed by atoms with E-state index in [1.54, 1.807) is 0 Å². The first-order valence-electron chi connectivity index (χ1n) is 3.71. The zero-order valence-electron chi connectivity index (χ0n) is 7.28. The SMILES string of the molecule is CSCCC(NC(=O)C[O])C(=O)O. The monoisotopic (exact) mass is 206 g/mol. The van der Waals surface area contributed by atoms with Crippen molar-refractivity contribution in [1.29, 1.82) is 0 Å². The lowest BCUT2D eigenvalue weighted by atomic mass is 10.2. The first-order chi connectivity index (χ1) is 6.11. The van der Waals surface area contributed by atoms with Gasteiger partial charge in [-0.2, -0.15) is 11.8 Å². The minimum Gasteiger partial charge on any atom is -0.480 e. The van der Waals surface area contributed by atoms with Gasteiger partial charge in [-0.3, -0.25) is 4.79 Å². The van der Waals surface area contributed by atoms with E-state index in [1.165, 1.54) is 11.8 Å². The highest BCUT2D eigenvalue weighted by atomic mass is 32.2. The summed E-state index contributed by atoms with van der Waals surface area (Å²) in [7, 11) is 0. The minimum atomic E-state index is -1.10. The molecule has 1 radical (unpaired) electrons. The van der Waals surface area contributed by atoms with Crippen molar-refractivity contribution in [3.8, 4) is 0 Å². The van der Waals surface area contributed by atoms with E-state index in [4.69, 9.17) is 5.11 Å². The number of amides is 1. The molecular formula is C7H12NO4S. The smallest absolute Gasteiger partial charge is 0.326 e. The van der Waals surface area contributed by atoms with E-state index in [1.807, 2.05) is 6.26 Å². The van der Waals surface area contributed by atoms with Gasteiger partial charge in [0.1, 0.15) is 6.04 Å². The number of thioether (sulfide) groups is 1. The standard InChI is InChI=1S/C7H12NO4S/c1-13-3-2-5(7(11)12)8-6(10)4-9/h5H,2-4H2,1H3,(H,8,10)(H,11,12). The molecule has 2 N–H and O–H groups in total. The Kier molecular flexibility index (Phi) is 6.34. The Morgan fingerprint density at radius 1 is 1.54 bits per heavy atom. The van der Waals surface area contributed by atoms with E-state index >= 15 is 0 Å². The molecule has 0 aromatic heterocycles. The average molecular weight is 206 g/mol. The average Bonchev–Trinajstić information content (AvgIpc) is 2.11. The summed E-state index contributed by atoms with van der Waals surface area (Å²) >= 11 is 1.49. The number of carbonyl (C=O) groups is 2. The Morgan fingerprint density at radius 2 is 2.15 bits per heavy atom. The van der Waals surface area contributed by atoms with E-state index in [9.17, 15) is 14.7 Å². The maximum atomic E-state index is 10.6. The highest BCUT2D eigenvalue weighted by molar-refractivity contribution is 7.98. The van der Waals surface area contributed by atoms with Gasteiger partial charge in [0.25, 0.3) is 0 Å². The largest absolute Gasteiger partial charge is 0.480 e. The molecule has 0 aromatic rings. The summed E-state index contributed by atoms with van der Waals surface area (Å²) in [6, 6.07) is -0.936. The van der Waals surface area contributed by atoms with E-state index in [0.29, 0.717) is 12.2 Å². The van der Waals surface area contributed by atoms with Crippen molar-refractivity contribution in [1.82, 2.24) is 5.32 Å². The number of carboxylic acids is 1. The fourth-order valence-corrected chi connectivity index (χ4v) is 1.20. The van der Waals surface area contributed by atoms with Crippen molar-refractivity contribution in [2.24, 2.45) is 0 Å². The number of carboxylic acid groups (broad SMARTS) is 1. The number of hydrogen-bond acceptors (Lipinski definition) is 3. The summed E-state index contributed by atoms with van der Waals surface area (Å²) in [5, 5.41) is 20.8. The third-order valence-corrected chi connectivity index (χ3v) is 2.02. The van der Waals surface area contributed by atoms with Crippen molar-refractivity contribution in [2.45, 2.75) is 12.5 Å². The normalized spacial score (nSPS) is 12.2. The lowest BCUT2D eigenvalue weighted by Crippen LogP contribution is -2.42. The van der Waals surface area contributed by atoms with Crippen LogP contribution in [0, 0.1) is 0 Å². The lowest BCUT2D eigenvalue weighted by molar-refractivity contribution is -0.142. The fraction of sp³-hybridized carbons (Fsp3) is 0.714. The van der Waals surface area contributed by atoms with Crippen LogP contribution in [0.15, 0.2) is 0 Å². The number of rotatable bonds is 6. The quantitative estimate of drug-likeness (QED) is 0.627. The van der Waals surface area contributed by atoms with Gasteiger partial charge in [-0.15, -0.1) is 0 Å². The third kappa shape index (κ3) is 5.48. The second-order valence-corrected chi connectivity index (χ2v) is 3.37. The molecule has 6 heteroatoms. The maximum absolute atomic E-state index is 10.6. The molecule has 1 unspecified atom stereocenters. The molecule has 0 saturated carbocycles. The first kappa shape index (κ1) is 12.2. The van der Waals surface area contributed by atoms with Crippen LogP contribution in [0.25, 0.3) is 0 Å². The molecule has 0 rings (SSSR count). The summed E-state index contributed by atoms with van der Waals surface area (Å²) in [6.45, 7) is -0.928. The Balaban J connectivity index is 3.94. The Bertz CT molecular complexity index is 185. The van der Waals surface area contributed by atoms with E-state index < -0.39 is 24.5 Å². The molecule has 75 valence electrons. The third-order valence-electron chi connectivity index (χ3n) is 1.38. The van der Waals surface area contributed by atoms with Crippen molar-refractivity contribution < 1.29 is 19.8 Å². The molecule has 0 spiro atoms. The summed E-state index contributed by atoms with van der Waals surface area (Å²) in [5.74, 6) is -1.24. The van der Waals surface area contributed by atoms with Gasteiger partial charge in [0, 0.05) is 0 Å². The predicted molar refractivity (Wildman–Crippen MR) is 48.1 cm³/mol. The van der Waals surface area contributed by atoms with Gasteiger partial charge in [0.05, 0.1) is 0 Å². The predicted octanol–water partition coefficient (Wildman–Crippen LogP) is -0.261. The molecule has 1 atom stereocenters. The second-order valence-electron chi connectivity index (χ2n) is 2.38. The zero-order valence-corrected chi connectivity index (χ0v) is 8.10. The highest BCUT2D eigenvalue weighted by Crippen LogP contribution is 2.00. The summed E-state index contributed by atoms with van der Waals surface area (Å²) < 4.78 is 0. The Labute approximate surface area is 80.5 Å². The topological polar surface area (TPSA) is 86.3 Å². The van der Waals surface area contributed by atoms with Crippen LogP contribution in [0.1, 0.15) is 6.42 Å². The molecule has 0 saturated heterocycles. The number of hydrogen-bond donors (Lipinski definition) is 2. The van der Waals surface area contributed by atoms with Crippen LogP contribution in [-0.4, -0.2) is 41.6 Å². The second kappa shape index (κ2) is 6.73. The first-order valence-corrected chi connectivity index (χ1v) is 5.10. The summed E-state index contributed by atoms with van der Waals surface area (Å²) in [6.07, 6.45) is 2.18. The van der Waals surface area contributed by atoms with Crippen LogP contribution in [0.4, 0.5) is 0 Å². The summed E-state index contributed by atoms with van der Waals surface area (Å²) in [5.41, 5.74) is 0.